The van der Waals surface area contributed by atoms with E-state index in [1.165, 1.54) is 0 Å². The maximum atomic E-state index is 7.17. The summed E-state index contributed by atoms with van der Waals surface area (Å²) < 4.78 is 0. The summed E-state index contributed by atoms with van der Waals surface area (Å²) in [4.78, 5) is 0. The molecule has 0 aliphatic carbocycles. The molecule has 0 unspecified atom stereocenters. The Labute approximate surface area is 75.3 Å². The van der Waals surface area contributed by atoms with Crippen LogP contribution in [-0.4, -0.2) is 74.6 Å². The van der Waals surface area contributed by atoms with Gasteiger partial charge in [0.15, 0.2) is 0 Å². The van der Waals surface area contributed by atoms with E-state index in [0.29, 0.717) is 0 Å². The Morgan fingerprint density at radius 2 is 0.545 bits per heavy atom. The molecule has 0 aromatic rings. The van der Waals surface area contributed by atoms with Crippen molar-refractivity contribution < 1.29 is 41.1 Å². The standard InChI is InChI=1S/2BH3O3.Li.2H2O.H/c2*2-1(3)4;;;;/h2*2-4H;;2*1H2;. The average Bonchev–Trinajstić information content (AvgIpc) is 1.25. The molecule has 0 radical (unpaired) electrons. The maximum absolute atomic E-state index is 7.17. The van der Waals surface area contributed by atoms with Crippen LogP contribution in [0.5, 0.6) is 0 Å². The molecule has 0 fully saturated rings. The van der Waals surface area contributed by atoms with Crippen LogP contribution >= 0.6 is 0 Å². The van der Waals surface area contributed by atoms with E-state index in [0.717, 1.165) is 0 Å². The molecule has 11 heavy (non-hydrogen) atoms. The normalized spacial score (nSPS) is 4.91. The summed E-state index contributed by atoms with van der Waals surface area (Å²) in [6.07, 6.45) is 0. The first-order valence-corrected chi connectivity index (χ1v) is 1.55. The van der Waals surface area contributed by atoms with Crippen molar-refractivity contribution in [2.75, 3.05) is 0 Å². The van der Waals surface area contributed by atoms with Crippen molar-refractivity contribution >= 4 is 33.5 Å². The monoisotopic (exact) mass is 168 g/mol. The molecule has 0 aliphatic rings. The van der Waals surface area contributed by atoms with Crippen LogP contribution in [0, 0.1) is 0 Å². The zero-order chi connectivity index (χ0) is 7.15. The van der Waals surface area contributed by atoms with Gasteiger partial charge in [0.25, 0.3) is 0 Å². The van der Waals surface area contributed by atoms with Crippen LogP contribution in [0.25, 0.3) is 0 Å². The number of rotatable bonds is 0. The predicted molar refractivity (Wildman–Crippen MR) is 39.2 cm³/mol. The van der Waals surface area contributed by atoms with Crippen molar-refractivity contribution in [2.45, 2.75) is 0 Å². The summed E-state index contributed by atoms with van der Waals surface area (Å²) >= 11 is 0. The van der Waals surface area contributed by atoms with E-state index < -0.39 is 14.6 Å². The second kappa shape index (κ2) is 22.4. The fraction of sp³-hybridized carbons (Fsp3) is 0. The molecule has 0 atom stereocenters. The molecule has 8 nitrogen and oxygen atoms in total. The van der Waals surface area contributed by atoms with E-state index in [2.05, 4.69) is 0 Å². The van der Waals surface area contributed by atoms with Gasteiger partial charge in [-0.2, -0.15) is 0 Å². The zero-order valence-electron chi connectivity index (χ0n) is 4.84. The topological polar surface area (TPSA) is 184 Å². The van der Waals surface area contributed by atoms with Crippen LogP contribution in [0.15, 0.2) is 0 Å². The van der Waals surface area contributed by atoms with Gasteiger partial charge in [0.1, 0.15) is 0 Å². The molecule has 0 heterocycles. The van der Waals surface area contributed by atoms with E-state index in [1.54, 1.807) is 0 Å². The summed E-state index contributed by atoms with van der Waals surface area (Å²) in [6.45, 7) is 0. The molecule has 0 bridgehead atoms. The van der Waals surface area contributed by atoms with Crippen LogP contribution in [-0.2, 0) is 0 Å². The fourth-order valence-electron chi connectivity index (χ4n) is 0. The molecule has 0 aromatic heterocycles. The van der Waals surface area contributed by atoms with Gasteiger partial charge in [-0.1, -0.05) is 0 Å². The molecule has 11 heteroatoms. The molecule has 0 spiro atoms. The molecule has 0 saturated heterocycles. The number of hydrogen-bond acceptors (Lipinski definition) is 6. The van der Waals surface area contributed by atoms with Gasteiger partial charge < -0.3 is 41.1 Å². The molecule has 0 aromatic carbocycles. The summed E-state index contributed by atoms with van der Waals surface area (Å²) in [5.41, 5.74) is 0. The molecule has 10 N–H and O–H groups in total. The van der Waals surface area contributed by atoms with Crippen LogP contribution < -0.4 is 0 Å². The molecule has 0 aliphatic heterocycles. The van der Waals surface area contributed by atoms with Crippen molar-refractivity contribution in [2.24, 2.45) is 0 Å². The molecular formula is H11B2LiO8. The van der Waals surface area contributed by atoms with Gasteiger partial charge in [0, 0.05) is 0 Å². The average molecular weight is 168 g/mol. The van der Waals surface area contributed by atoms with Crippen LogP contribution in [0.4, 0.5) is 0 Å². The Bertz CT molecular complexity index is 27.6. The van der Waals surface area contributed by atoms with Gasteiger partial charge in [-0.15, -0.1) is 0 Å². The van der Waals surface area contributed by atoms with Crippen LogP contribution in [0.2, 0.25) is 0 Å². The van der Waals surface area contributed by atoms with Crippen molar-refractivity contribution in [1.29, 1.82) is 0 Å². The quantitative estimate of drug-likeness (QED) is 0.195. The van der Waals surface area contributed by atoms with Gasteiger partial charge in [-0.25, -0.2) is 0 Å². The first-order valence-electron chi connectivity index (χ1n) is 1.55. The zero-order valence-corrected chi connectivity index (χ0v) is 4.84. The summed E-state index contributed by atoms with van der Waals surface area (Å²) in [5, 5.41) is 43.0. The van der Waals surface area contributed by atoms with Crippen molar-refractivity contribution in [3.63, 3.8) is 0 Å². The summed E-state index contributed by atoms with van der Waals surface area (Å²) in [5.74, 6) is 0. The third kappa shape index (κ3) is 4430. The van der Waals surface area contributed by atoms with Gasteiger partial charge >= 0.3 is 33.5 Å². The first kappa shape index (κ1) is 30.1. The second-order valence-electron chi connectivity index (χ2n) is 0.693. The second-order valence-corrected chi connectivity index (χ2v) is 0.693. The Morgan fingerprint density at radius 3 is 0.545 bits per heavy atom. The molecular weight excluding hydrogens is 157 g/mol. The van der Waals surface area contributed by atoms with Gasteiger partial charge in [-0.3, -0.25) is 0 Å². The van der Waals surface area contributed by atoms with Crippen LogP contribution in [0.1, 0.15) is 0 Å². The molecule has 0 amide bonds. The summed E-state index contributed by atoms with van der Waals surface area (Å²) in [7, 11) is -4.33. The van der Waals surface area contributed by atoms with Gasteiger partial charge in [0.05, 0.1) is 0 Å². The Morgan fingerprint density at radius 1 is 0.545 bits per heavy atom. The van der Waals surface area contributed by atoms with E-state index >= 15 is 0 Å². The summed E-state index contributed by atoms with van der Waals surface area (Å²) in [6, 6.07) is 0. The van der Waals surface area contributed by atoms with Crippen LogP contribution in [0.3, 0.4) is 0 Å². The molecule has 0 saturated carbocycles. The minimum absolute atomic E-state index is 0. The Hall–Kier alpha value is 0.407. The third-order valence-corrected chi connectivity index (χ3v) is 0. The fourth-order valence-corrected chi connectivity index (χ4v) is 0. The first-order chi connectivity index (χ1) is 3.46. The van der Waals surface area contributed by atoms with E-state index in [1.807, 2.05) is 0 Å². The molecule has 66 valence electrons. The predicted octanol–water partition coefficient (Wildman–Crippen LogP) is -6.40. The van der Waals surface area contributed by atoms with Crippen molar-refractivity contribution in [3.8, 4) is 0 Å². The minimum atomic E-state index is -2.17. The van der Waals surface area contributed by atoms with E-state index in [-0.39, 0.29) is 29.8 Å². The number of hydrogen-bond donors (Lipinski definition) is 6. The van der Waals surface area contributed by atoms with E-state index in [4.69, 9.17) is 30.1 Å². The third-order valence-electron chi connectivity index (χ3n) is 0. The Balaban J connectivity index is -0.0000000171. The van der Waals surface area contributed by atoms with Crippen molar-refractivity contribution in [1.82, 2.24) is 0 Å². The van der Waals surface area contributed by atoms with E-state index in [9.17, 15) is 0 Å². The van der Waals surface area contributed by atoms with Gasteiger partial charge in [0.2, 0.25) is 0 Å². The SMILES string of the molecule is O.O.OB(O)O.OB(O)O.[LiH]. The van der Waals surface area contributed by atoms with Gasteiger partial charge in [-0.05, 0) is 0 Å². The molecule has 0 rings (SSSR count). The van der Waals surface area contributed by atoms with Crippen molar-refractivity contribution in [3.05, 3.63) is 0 Å². The Kier molecular flexibility index (Phi) is 61.4.